The molecule has 4 fully saturated rings. The molecule has 6 nitrogen and oxygen atoms in total. The molecule has 5 aliphatic rings. The van der Waals surface area contributed by atoms with E-state index in [4.69, 9.17) is 4.74 Å². The lowest BCUT2D eigenvalue weighted by Gasteiger charge is -2.61. The number of nitrogens with one attached hydrogen (secondary N) is 2. The molecule has 0 aromatic heterocycles. The summed E-state index contributed by atoms with van der Waals surface area (Å²) < 4.78 is 6.19. The lowest BCUT2D eigenvalue weighted by Crippen LogP contribution is -2.66. The summed E-state index contributed by atoms with van der Waals surface area (Å²) in [5, 5.41) is 6.69. The maximum absolute atomic E-state index is 13.1. The van der Waals surface area contributed by atoms with Gasteiger partial charge in [0, 0.05) is 31.6 Å². The predicted octanol–water partition coefficient (Wildman–Crippen LogP) is 4.57. The lowest BCUT2D eigenvalue weighted by atomic mass is 9.51. The molecule has 6 heteroatoms. The van der Waals surface area contributed by atoms with Crippen molar-refractivity contribution in [2.45, 2.75) is 75.6 Å². The van der Waals surface area contributed by atoms with Crippen molar-refractivity contribution in [1.82, 2.24) is 15.5 Å². The zero-order chi connectivity index (χ0) is 24.6. The van der Waals surface area contributed by atoms with Gasteiger partial charge >= 0.3 is 6.09 Å². The first-order valence-electron chi connectivity index (χ1n) is 13.6. The fraction of sp³-hybridized carbons (Fsp3) is 0.533. The van der Waals surface area contributed by atoms with Gasteiger partial charge in [-0.25, -0.2) is 4.79 Å². The van der Waals surface area contributed by atoms with Gasteiger partial charge in [-0.15, -0.1) is 0 Å². The Morgan fingerprint density at radius 2 is 1.58 bits per heavy atom. The molecule has 0 spiro atoms. The molecule has 7 rings (SSSR count). The van der Waals surface area contributed by atoms with E-state index in [2.05, 4.69) is 34.9 Å². The number of carbonyl (C=O) groups excluding carboxylic acids is 2. The number of hydrogen-bond donors (Lipinski definition) is 2. The van der Waals surface area contributed by atoms with Gasteiger partial charge in [0.15, 0.2) is 0 Å². The summed E-state index contributed by atoms with van der Waals surface area (Å²) in [6.07, 6.45) is 7.68. The van der Waals surface area contributed by atoms with Gasteiger partial charge in [0.1, 0.15) is 5.60 Å². The summed E-state index contributed by atoms with van der Waals surface area (Å²) in [5.41, 5.74) is 3.30. The van der Waals surface area contributed by atoms with Crippen LogP contribution in [0.4, 0.5) is 4.79 Å². The number of carbonyl (C=O) groups is 2. The van der Waals surface area contributed by atoms with Crippen molar-refractivity contribution >= 4 is 12.0 Å². The van der Waals surface area contributed by atoms with E-state index in [9.17, 15) is 9.59 Å². The van der Waals surface area contributed by atoms with Crippen LogP contribution in [0.5, 0.6) is 0 Å². The quantitative estimate of drug-likeness (QED) is 0.535. The molecule has 2 atom stereocenters. The fourth-order valence-corrected chi connectivity index (χ4v) is 7.75. The third-order valence-electron chi connectivity index (χ3n) is 8.88. The second-order valence-corrected chi connectivity index (χ2v) is 11.7. The monoisotopic (exact) mass is 487 g/mol. The molecule has 0 radical (unpaired) electrons. The van der Waals surface area contributed by atoms with E-state index in [0.717, 1.165) is 44.9 Å². The molecular weight excluding hydrogens is 450 g/mol. The van der Waals surface area contributed by atoms with Gasteiger partial charge in [-0.05, 0) is 73.5 Å². The summed E-state index contributed by atoms with van der Waals surface area (Å²) in [6, 6.07) is 18.7. The normalized spacial score (nSPS) is 29.7. The number of hydrogen-bond acceptors (Lipinski definition) is 4. The predicted molar refractivity (Wildman–Crippen MR) is 138 cm³/mol. The van der Waals surface area contributed by atoms with E-state index >= 15 is 0 Å². The third kappa shape index (κ3) is 4.88. The summed E-state index contributed by atoms with van der Waals surface area (Å²) in [6.45, 7) is 2.38. The highest BCUT2D eigenvalue weighted by Gasteiger charge is 2.59. The molecule has 4 bridgehead atoms. The molecular formula is C30H37N3O3. The van der Waals surface area contributed by atoms with E-state index in [1.807, 2.05) is 35.2 Å². The molecule has 0 saturated heterocycles. The van der Waals surface area contributed by atoms with Gasteiger partial charge in [-0.3, -0.25) is 4.79 Å². The Labute approximate surface area is 213 Å². The number of rotatable bonds is 8. The van der Waals surface area contributed by atoms with Crippen LogP contribution in [0.15, 0.2) is 54.6 Å². The Morgan fingerprint density at radius 3 is 2.28 bits per heavy atom. The topological polar surface area (TPSA) is 70.7 Å². The Hall–Kier alpha value is -2.86. The summed E-state index contributed by atoms with van der Waals surface area (Å²) >= 11 is 0. The number of ether oxygens (including phenoxy) is 1. The minimum atomic E-state index is -0.395. The Bertz CT molecular complexity index is 1080. The molecule has 36 heavy (non-hydrogen) atoms. The smallest absolute Gasteiger partial charge is 0.407 e. The first-order chi connectivity index (χ1) is 17.5. The number of amides is 2. The molecule has 2 unspecified atom stereocenters. The van der Waals surface area contributed by atoms with Crippen LogP contribution in [0.2, 0.25) is 0 Å². The van der Waals surface area contributed by atoms with Crippen LogP contribution in [-0.2, 0) is 29.0 Å². The van der Waals surface area contributed by atoms with Crippen molar-refractivity contribution in [2.75, 3.05) is 13.1 Å². The van der Waals surface area contributed by atoms with Crippen LogP contribution in [0.25, 0.3) is 0 Å². The van der Waals surface area contributed by atoms with E-state index in [-0.39, 0.29) is 17.5 Å². The van der Waals surface area contributed by atoms with E-state index in [1.54, 1.807) is 0 Å². The maximum atomic E-state index is 13.1. The van der Waals surface area contributed by atoms with Gasteiger partial charge < -0.3 is 20.3 Å². The zero-order valence-corrected chi connectivity index (χ0v) is 21.0. The van der Waals surface area contributed by atoms with Crippen molar-refractivity contribution in [3.05, 3.63) is 71.3 Å². The van der Waals surface area contributed by atoms with E-state index in [0.29, 0.717) is 38.0 Å². The SMILES string of the molecule is O=C(NCCCc1ccccc1)OC12CC3CC(CC(NCC(=O)N4Cc5ccccc5C4)(C3)C1)C2. The summed E-state index contributed by atoms with van der Waals surface area (Å²) in [7, 11) is 0. The molecule has 1 aliphatic heterocycles. The molecule has 2 aromatic rings. The molecule has 2 N–H and O–H groups in total. The van der Waals surface area contributed by atoms with Crippen molar-refractivity contribution in [3.63, 3.8) is 0 Å². The number of aryl methyl sites for hydroxylation is 1. The average Bonchev–Trinajstić information content (AvgIpc) is 3.29. The van der Waals surface area contributed by atoms with Crippen LogP contribution in [0.3, 0.4) is 0 Å². The van der Waals surface area contributed by atoms with E-state index < -0.39 is 5.60 Å². The summed E-state index contributed by atoms with van der Waals surface area (Å²) in [5.74, 6) is 1.29. The largest absolute Gasteiger partial charge is 0.443 e. The Balaban J connectivity index is 1.02. The van der Waals surface area contributed by atoms with Crippen LogP contribution in [0.1, 0.15) is 61.6 Å². The minimum absolute atomic E-state index is 0.0973. The molecule has 190 valence electrons. The van der Waals surface area contributed by atoms with Gasteiger partial charge in [0.05, 0.1) is 6.54 Å². The van der Waals surface area contributed by atoms with Gasteiger partial charge in [-0.1, -0.05) is 54.6 Å². The standard InChI is InChI=1S/C30H37N3O3/c34-27(33-19-25-10-4-5-11-26(25)20-33)18-32-29-14-23-13-24(15-29)17-30(16-23,21-29)36-28(35)31-12-6-9-22-7-2-1-3-8-22/h1-5,7-8,10-11,23-24,32H,6,9,12-21H2,(H,31,35). The zero-order valence-electron chi connectivity index (χ0n) is 21.0. The minimum Gasteiger partial charge on any atom is -0.443 e. The third-order valence-corrected chi connectivity index (χ3v) is 8.88. The second kappa shape index (κ2) is 9.55. The fourth-order valence-electron chi connectivity index (χ4n) is 7.75. The van der Waals surface area contributed by atoms with Crippen molar-refractivity contribution in [3.8, 4) is 0 Å². The Kier molecular flexibility index (Phi) is 6.24. The van der Waals surface area contributed by atoms with E-state index in [1.165, 1.54) is 23.1 Å². The molecule has 2 amide bonds. The molecule has 4 aliphatic carbocycles. The number of benzene rings is 2. The van der Waals surface area contributed by atoms with Crippen LogP contribution in [-0.4, -0.2) is 41.1 Å². The highest BCUT2D eigenvalue weighted by atomic mass is 16.6. The molecule has 2 aromatic carbocycles. The van der Waals surface area contributed by atoms with Crippen LogP contribution in [0, 0.1) is 11.8 Å². The first kappa shape index (κ1) is 23.5. The summed E-state index contributed by atoms with van der Waals surface area (Å²) in [4.78, 5) is 27.8. The second-order valence-electron chi connectivity index (χ2n) is 11.7. The number of alkyl carbamates (subject to hydrolysis) is 1. The number of nitrogens with zero attached hydrogens (tertiary/aromatic N) is 1. The van der Waals surface area contributed by atoms with Gasteiger partial charge in [0.25, 0.3) is 0 Å². The molecule has 1 heterocycles. The van der Waals surface area contributed by atoms with Crippen LogP contribution >= 0.6 is 0 Å². The Morgan fingerprint density at radius 1 is 0.917 bits per heavy atom. The highest BCUT2D eigenvalue weighted by molar-refractivity contribution is 5.79. The maximum Gasteiger partial charge on any atom is 0.407 e. The van der Waals surface area contributed by atoms with Crippen molar-refractivity contribution < 1.29 is 14.3 Å². The lowest BCUT2D eigenvalue weighted by molar-refractivity contribution is -0.148. The van der Waals surface area contributed by atoms with Crippen LogP contribution < -0.4 is 10.6 Å². The van der Waals surface area contributed by atoms with Gasteiger partial charge in [-0.2, -0.15) is 0 Å². The van der Waals surface area contributed by atoms with Crippen molar-refractivity contribution in [2.24, 2.45) is 11.8 Å². The highest BCUT2D eigenvalue weighted by Crippen LogP contribution is 2.58. The number of fused-ring (bicyclic) bond motifs is 1. The van der Waals surface area contributed by atoms with Crippen molar-refractivity contribution in [1.29, 1.82) is 0 Å². The van der Waals surface area contributed by atoms with Gasteiger partial charge in [0.2, 0.25) is 5.91 Å². The first-order valence-corrected chi connectivity index (χ1v) is 13.6. The molecule has 4 saturated carbocycles. The average molecular weight is 488 g/mol.